The van der Waals surface area contributed by atoms with Crippen molar-refractivity contribution in [3.63, 3.8) is 0 Å². The zero-order chi connectivity index (χ0) is 8.39. The highest BCUT2D eigenvalue weighted by Crippen LogP contribution is 2.10. The second kappa shape index (κ2) is 2.82. The molecule has 0 atom stereocenters. The quantitative estimate of drug-likeness (QED) is 0.593. The molecule has 1 aliphatic rings. The van der Waals surface area contributed by atoms with Gasteiger partial charge in [0.1, 0.15) is 0 Å². The van der Waals surface area contributed by atoms with E-state index in [0.717, 1.165) is 30.7 Å². The highest BCUT2D eigenvalue weighted by Gasteiger charge is 2.07. The van der Waals surface area contributed by atoms with Crippen LogP contribution in [0.5, 0.6) is 0 Å². The van der Waals surface area contributed by atoms with Gasteiger partial charge in [0.15, 0.2) is 0 Å². The summed E-state index contributed by atoms with van der Waals surface area (Å²) in [6.45, 7) is 0.906. The Morgan fingerprint density at radius 1 is 1.55 bits per heavy atom. The molecule has 0 N–H and O–H groups in total. The van der Waals surface area contributed by atoms with Crippen LogP contribution in [0.1, 0.15) is 19.8 Å². The van der Waals surface area contributed by atoms with Gasteiger partial charge in [0, 0.05) is 30.2 Å². The van der Waals surface area contributed by atoms with Gasteiger partial charge in [-0.2, -0.15) is 0 Å². The molecule has 56 valence electrons. The van der Waals surface area contributed by atoms with Crippen LogP contribution in [0.4, 0.5) is 0 Å². The molecule has 2 nitrogen and oxygen atoms in total. The van der Waals surface area contributed by atoms with Crippen LogP contribution in [-0.2, 0) is 0 Å². The fraction of sp³-hybridized carbons (Fsp3) is 0.333. The normalized spacial score (nSPS) is 17.8. The molecule has 0 unspecified atom stereocenters. The Morgan fingerprint density at radius 3 is 3.27 bits per heavy atom. The zero-order valence-electron chi connectivity index (χ0n) is 7.25. The first-order chi connectivity index (χ1) is 5.88. The highest BCUT2D eigenvalue weighted by molar-refractivity contribution is 6.01. The van der Waals surface area contributed by atoms with Gasteiger partial charge in [-0.15, -0.1) is 0 Å². The lowest BCUT2D eigenvalue weighted by Gasteiger charge is -1.96. The molecule has 0 saturated heterocycles. The number of hydrogen-bond donors (Lipinski definition) is 0. The predicted molar refractivity (Wildman–Crippen MR) is 44.9 cm³/mol. The van der Waals surface area contributed by atoms with Crippen molar-refractivity contribution >= 4 is 5.71 Å². The van der Waals surface area contributed by atoms with E-state index in [9.17, 15) is 0 Å². The summed E-state index contributed by atoms with van der Waals surface area (Å²) in [6.07, 6.45) is 5.48. The molecule has 0 saturated carbocycles. The summed E-state index contributed by atoms with van der Waals surface area (Å²) in [6, 6.07) is 2.24. The molecular formula is C9H10N2. The van der Waals surface area contributed by atoms with E-state index in [1.807, 2.05) is 0 Å². The van der Waals surface area contributed by atoms with Crippen molar-refractivity contribution in [3.05, 3.63) is 30.1 Å². The number of aromatic nitrogens is 1. The van der Waals surface area contributed by atoms with Crippen LogP contribution in [-0.4, -0.2) is 17.2 Å². The van der Waals surface area contributed by atoms with E-state index >= 15 is 0 Å². The van der Waals surface area contributed by atoms with Crippen molar-refractivity contribution in [2.45, 2.75) is 12.8 Å². The fourth-order valence-corrected chi connectivity index (χ4v) is 1.24. The van der Waals surface area contributed by atoms with Crippen molar-refractivity contribution in [2.24, 2.45) is 4.99 Å². The molecule has 0 amide bonds. The number of aliphatic imine (C=N–C) groups is 1. The maximum Gasteiger partial charge on any atom is 0.0631 e. The van der Waals surface area contributed by atoms with Crippen LogP contribution >= 0.6 is 0 Å². The first-order valence-corrected chi connectivity index (χ1v) is 3.82. The molecule has 2 rings (SSSR count). The molecule has 1 aromatic heterocycles. The van der Waals surface area contributed by atoms with E-state index in [-0.39, 0.29) is 0 Å². The average molecular weight is 147 g/mol. The SMILES string of the molecule is [2H]c1ccncc1C1=NCCC1. The van der Waals surface area contributed by atoms with Crippen molar-refractivity contribution in [3.8, 4) is 0 Å². The molecule has 0 spiro atoms. The van der Waals surface area contributed by atoms with Crippen LogP contribution in [0, 0.1) is 0 Å². The third-order valence-corrected chi connectivity index (χ3v) is 1.79. The lowest BCUT2D eigenvalue weighted by atomic mass is 10.1. The molecule has 1 aromatic rings. The van der Waals surface area contributed by atoms with E-state index in [1.54, 1.807) is 18.5 Å². The third kappa shape index (κ3) is 1.29. The molecule has 0 bridgehead atoms. The lowest BCUT2D eigenvalue weighted by molar-refractivity contribution is 0.951. The topological polar surface area (TPSA) is 25.2 Å². The van der Waals surface area contributed by atoms with Gasteiger partial charge in [-0.1, -0.05) is 6.04 Å². The number of hydrogen-bond acceptors (Lipinski definition) is 2. The van der Waals surface area contributed by atoms with E-state index in [1.165, 1.54) is 0 Å². The van der Waals surface area contributed by atoms with Crippen molar-refractivity contribution in [1.82, 2.24) is 4.98 Å². The lowest BCUT2D eigenvalue weighted by Crippen LogP contribution is -1.95. The molecule has 0 aliphatic carbocycles. The second-order valence-electron chi connectivity index (χ2n) is 2.58. The zero-order valence-corrected chi connectivity index (χ0v) is 6.25. The van der Waals surface area contributed by atoms with Gasteiger partial charge in [-0.3, -0.25) is 9.98 Å². The molecule has 1 aliphatic heterocycles. The fourth-order valence-electron chi connectivity index (χ4n) is 1.24. The monoisotopic (exact) mass is 147 g/mol. The molecule has 11 heavy (non-hydrogen) atoms. The maximum atomic E-state index is 7.61. The van der Waals surface area contributed by atoms with Gasteiger partial charge in [0.05, 0.1) is 1.37 Å². The summed E-state index contributed by atoms with van der Waals surface area (Å²) in [5, 5.41) is 0. The van der Waals surface area contributed by atoms with Crippen molar-refractivity contribution in [2.75, 3.05) is 6.54 Å². The second-order valence-corrected chi connectivity index (χ2v) is 2.58. The molecule has 2 heteroatoms. The summed E-state index contributed by atoms with van der Waals surface area (Å²) in [5.74, 6) is 0. The maximum absolute atomic E-state index is 7.61. The minimum atomic E-state index is 0.533. The van der Waals surface area contributed by atoms with E-state index < -0.39 is 0 Å². The van der Waals surface area contributed by atoms with Crippen molar-refractivity contribution in [1.29, 1.82) is 0 Å². The number of nitrogens with zero attached hydrogens (tertiary/aromatic N) is 2. The van der Waals surface area contributed by atoms with Crippen LogP contribution in [0.25, 0.3) is 0 Å². The Bertz CT molecular complexity index is 320. The van der Waals surface area contributed by atoms with E-state index in [4.69, 9.17) is 1.37 Å². The molecule has 0 aromatic carbocycles. The standard InChI is InChI=1S/C9H10N2/c1-3-8(7-10-5-1)9-4-2-6-11-9/h1,3,5,7H,2,4,6H2/i3D. The average Bonchev–Trinajstić information content (AvgIpc) is 2.57. The minimum absolute atomic E-state index is 0.533. The van der Waals surface area contributed by atoms with Gasteiger partial charge >= 0.3 is 0 Å². The van der Waals surface area contributed by atoms with Crippen LogP contribution in [0.2, 0.25) is 0 Å². The van der Waals surface area contributed by atoms with E-state index in [0.29, 0.717) is 6.04 Å². The molecule has 0 fully saturated rings. The summed E-state index contributed by atoms with van der Waals surface area (Å²) in [5.41, 5.74) is 1.95. The van der Waals surface area contributed by atoms with Crippen LogP contribution < -0.4 is 0 Å². The van der Waals surface area contributed by atoms with Gasteiger partial charge in [-0.25, -0.2) is 0 Å². The Balaban J connectivity index is 2.39. The molecule has 2 heterocycles. The number of rotatable bonds is 1. The van der Waals surface area contributed by atoms with Crippen LogP contribution in [0.3, 0.4) is 0 Å². The summed E-state index contributed by atoms with van der Waals surface area (Å²) >= 11 is 0. The van der Waals surface area contributed by atoms with Gasteiger partial charge < -0.3 is 0 Å². The highest BCUT2D eigenvalue weighted by atomic mass is 14.8. The van der Waals surface area contributed by atoms with Gasteiger partial charge in [0.2, 0.25) is 0 Å². The summed E-state index contributed by atoms with van der Waals surface area (Å²) in [7, 11) is 0. The first kappa shape index (κ1) is 5.47. The summed E-state index contributed by atoms with van der Waals surface area (Å²) < 4.78 is 7.61. The number of pyridine rings is 1. The van der Waals surface area contributed by atoms with E-state index in [2.05, 4.69) is 9.98 Å². The summed E-state index contributed by atoms with van der Waals surface area (Å²) in [4.78, 5) is 8.31. The predicted octanol–water partition coefficient (Wildman–Crippen LogP) is 1.66. The Hall–Kier alpha value is -1.18. The van der Waals surface area contributed by atoms with Crippen LogP contribution in [0.15, 0.2) is 29.5 Å². The minimum Gasteiger partial charge on any atom is -0.289 e. The Labute approximate surface area is 67.4 Å². The van der Waals surface area contributed by atoms with Gasteiger partial charge in [-0.05, 0) is 18.9 Å². The van der Waals surface area contributed by atoms with Gasteiger partial charge in [0.25, 0.3) is 0 Å². The Morgan fingerprint density at radius 2 is 2.55 bits per heavy atom. The molecular weight excluding hydrogens is 136 g/mol. The smallest absolute Gasteiger partial charge is 0.0631 e. The molecule has 0 radical (unpaired) electrons. The first-order valence-electron chi connectivity index (χ1n) is 4.32. The Kier molecular flexibility index (Phi) is 1.40. The largest absolute Gasteiger partial charge is 0.289 e. The third-order valence-electron chi connectivity index (χ3n) is 1.79. The van der Waals surface area contributed by atoms with Crippen molar-refractivity contribution < 1.29 is 1.37 Å².